The molecule has 2 aliphatic heterocycles. The molecule has 0 bridgehead atoms. The van der Waals surface area contributed by atoms with Crippen LogP contribution in [0.3, 0.4) is 0 Å². The van der Waals surface area contributed by atoms with Crippen LogP contribution in [0.2, 0.25) is 0 Å². The van der Waals surface area contributed by atoms with E-state index in [9.17, 15) is 4.79 Å². The Balaban J connectivity index is 1.30. The largest absolute Gasteiger partial charge is 0.486 e. The van der Waals surface area contributed by atoms with E-state index in [1.807, 2.05) is 47.3 Å². The van der Waals surface area contributed by atoms with Gasteiger partial charge in [-0.05, 0) is 30.3 Å². The van der Waals surface area contributed by atoms with Crippen LogP contribution >= 0.6 is 0 Å². The molecule has 1 saturated heterocycles. The van der Waals surface area contributed by atoms with Gasteiger partial charge in [0, 0.05) is 17.1 Å². The summed E-state index contributed by atoms with van der Waals surface area (Å²) in [4.78, 5) is 12.3. The fourth-order valence-corrected chi connectivity index (χ4v) is 3.26. The molecule has 1 amide bonds. The van der Waals surface area contributed by atoms with Crippen molar-refractivity contribution in [2.75, 3.05) is 19.8 Å². The van der Waals surface area contributed by atoms with Crippen LogP contribution in [0.15, 0.2) is 48.7 Å². The highest BCUT2D eigenvalue weighted by Crippen LogP contribution is 2.31. The Kier molecular flexibility index (Phi) is 3.94. The Morgan fingerprint density at radius 1 is 1.15 bits per heavy atom. The predicted molar refractivity (Wildman–Crippen MR) is 98.2 cm³/mol. The van der Waals surface area contributed by atoms with E-state index in [1.54, 1.807) is 6.07 Å². The van der Waals surface area contributed by atoms with Gasteiger partial charge in [-0.3, -0.25) is 9.48 Å². The predicted octanol–water partition coefficient (Wildman–Crippen LogP) is 2.00. The van der Waals surface area contributed by atoms with Gasteiger partial charge in [-0.2, -0.15) is 5.10 Å². The molecule has 1 fully saturated rings. The van der Waals surface area contributed by atoms with Gasteiger partial charge in [0.2, 0.25) is 0 Å². The van der Waals surface area contributed by atoms with Crippen LogP contribution in [-0.2, 0) is 11.3 Å². The molecule has 3 heterocycles. The topological polar surface area (TPSA) is 74.6 Å². The number of nitrogens with zero attached hydrogens (tertiary/aromatic N) is 2. The number of hydrogen-bond donors (Lipinski definition) is 1. The third-order valence-corrected chi connectivity index (χ3v) is 4.75. The van der Waals surface area contributed by atoms with Crippen molar-refractivity contribution < 1.29 is 19.0 Å². The average molecular weight is 365 g/mol. The first-order valence-electron chi connectivity index (χ1n) is 8.99. The first-order valence-corrected chi connectivity index (χ1v) is 8.99. The molecule has 5 rings (SSSR count). The quantitative estimate of drug-likeness (QED) is 0.766. The van der Waals surface area contributed by atoms with E-state index < -0.39 is 0 Å². The first-order chi connectivity index (χ1) is 13.2. The Morgan fingerprint density at radius 3 is 2.81 bits per heavy atom. The molecule has 138 valence electrons. The van der Waals surface area contributed by atoms with Gasteiger partial charge in [-0.15, -0.1) is 0 Å². The summed E-state index contributed by atoms with van der Waals surface area (Å²) in [6.07, 6.45) is 1.82. The molecule has 2 aromatic carbocycles. The van der Waals surface area contributed by atoms with Crippen LogP contribution in [0, 0.1) is 0 Å². The molecule has 7 heteroatoms. The molecule has 0 spiro atoms. The molecule has 1 N–H and O–H groups in total. The standard InChI is InChI=1S/C20H19N3O4/c24-20(21-15-10-25-11-15)13-5-6-17-14(7-13)8-23(22-17)9-16-12-26-18-3-1-2-4-19(18)27-16/h1-8,15-16H,9-12H2,(H,21,24). The lowest BCUT2D eigenvalue weighted by molar-refractivity contribution is -0.00346. The molecule has 1 atom stereocenters. The third-order valence-electron chi connectivity index (χ3n) is 4.75. The Hall–Kier alpha value is -3.06. The number of carbonyl (C=O) groups is 1. The smallest absolute Gasteiger partial charge is 0.251 e. The maximum absolute atomic E-state index is 12.3. The number of carbonyl (C=O) groups excluding carboxylic acids is 1. The van der Waals surface area contributed by atoms with Crippen LogP contribution in [-0.4, -0.2) is 47.7 Å². The van der Waals surface area contributed by atoms with Gasteiger partial charge in [-0.1, -0.05) is 12.1 Å². The van der Waals surface area contributed by atoms with Crippen LogP contribution in [0.4, 0.5) is 0 Å². The fourth-order valence-electron chi connectivity index (χ4n) is 3.26. The van der Waals surface area contributed by atoms with Crippen molar-refractivity contribution in [3.05, 3.63) is 54.2 Å². The van der Waals surface area contributed by atoms with Crippen molar-refractivity contribution in [2.45, 2.75) is 18.7 Å². The van der Waals surface area contributed by atoms with Crippen molar-refractivity contribution in [3.8, 4) is 11.5 Å². The maximum atomic E-state index is 12.3. The van der Waals surface area contributed by atoms with Crippen molar-refractivity contribution in [3.63, 3.8) is 0 Å². The molecular formula is C20H19N3O4. The van der Waals surface area contributed by atoms with Gasteiger partial charge < -0.3 is 19.5 Å². The van der Waals surface area contributed by atoms with E-state index in [2.05, 4.69) is 10.4 Å². The fraction of sp³-hybridized carbons (Fsp3) is 0.300. The summed E-state index contributed by atoms with van der Waals surface area (Å²) in [7, 11) is 0. The lowest BCUT2D eigenvalue weighted by Crippen LogP contribution is -2.48. The highest BCUT2D eigenvalue weighted by atomic mass is 16.6. The average Bonchev–Trinajstić information content (AvgIpc) is 3.05. The van der Waals surface area contributed by atoms with Crippen molar-refractivity contribution >= 4 is 16.8 Å². The van der Waals surface area contributed by atoms with Gasteiger partial charge in [0.25, 0.3) is 5.91 Å². The van der Waals surface area contributed by atoms with Crippen LogP contribution < -0.4 is 14.8 Å². The number of nitrogens with one attached hydrogen (secondary N) is 1. The van der Waals surface area contributed by atoms with E-state index in [1.165, 1.54) is 0 Å². The highest BCUT2D eigenvalue weighted by molar-refractivity contribution is 5.98. The summed E-state index contributed by atoms with van der Waals surface area (Å²) < 4.78 is 18.7. The van der Waals surface area contributed by atoms with Gasteiger partial charge >= 0.3 is 0 Å². The molecule has 0 aliphatic carbocycles. The zero-order valence-corrected chi connectivity index (χ0v) is 14.6. The molecule has 27 heavy (non-hydrogen) atoms. The normalized spacial score (nSPS) is 18.9. The minimum Gasteiger partial charge on any atom is -0.486 e. The Bertz CT molecular complexity index is 996. The van der Waals surface area contributed by atoms with Gasteiger partial charge in [0.15, 0.2) is 17.6 Å². The summed E-state index contributed by atoms with van der Waals surface area (Å²) in [6.45, 7) is 2.21. The molecular weight excluding hydrogens is 346 g/mol. The summed E-state index contributed by atoms with van der Waals surface area (Å²) in [5, 5.41) is 8.45. The molecule has 0 saturated carbocycles. The number of fused-ring (bicyclic) bond motifs is 2. The minimum atomic E-state index is -0.115. The van der Waals surface area contributed by atoms with E-state index in [0.717, 1.165) is 22.4 Å². The van der Waals surface area contributed by atoms with E-state index in [-0.39, 0.29) is 18.1 Å². The summed E-state index contributed by atoms with van der Waals surface area (Å²) in [5.41, 5.74) is 1.47. The summed E-state index contributed by atoms with van der Waals surface area (Å²) in [6, 6.07) is 13.3. The number of hydrogen-bond acceptors (Lipinski definition) is 5. The molecule has 7 nitrogen and oxygen atoms in total. The molecule has 0 radical (unpaired) electrons. The number of amides is 1. The second kappa shape index (κ2) is 6.59. The third kappa shape index (κ3) is 3.21. The second-order valence-electron chi connectivity index (χ2n) is 6.83. The van der Waals surface area contributed by atoms with E-state index >= 15 is 0 Å². The number of rotatable bonds is 4. The second-order valence-corrected chi connectivity index (χ2v) is 6.83. The van der Waals surface area contributed by atoms with E-state index in [4.69, 9.17) is 14.2 Å². The first kappa shape index (κ1) is 16.1. The minimum absolute atomic E-state index is 0.0847. The number of benzene rings is 2. The molecule has 2 aliphatic rings. The SMILES string of the molecule is O=C(NC1COC1)c1ccc2nn(CC3COc4ccccc4O3)cc2c1. The number of para-hydroxylation sites is 2. The van der Waals surface area contributed by atoms with E-state index in [0.29, 0.717) is 31.9 Å². The molecule has 1 aromatic heterocycles. The monoisotopic (exact) mass is 365 g/mol. The Labute approximate surface area is 155 Å². The molecule has 1 unspecified atom stereocenters. The maximum Gasteiger partial charge on any atom is 0.251 e. The lowest BCUT2D eigenvalue weighted by atomic mass is 10.1. The highest BCUT2D eigenvalue weighted by Gasteiger charge is 2.23. The summed E-state index contributed by atoms with van der Waals surface area (Å²) in [5.74, 6) is 1.44. The van der Waals surface area contributed by atoms with Gasteiger partial charge in [-0.25, -0.2) is 0 Å². The number of ether oxygens (including phenoxy) is 3. The van der Waals surface area contributed by atoms with Crippen molar-refractivity contribution in [2.24, 2.45) is 0 Å². The lowest BCUT2D eigenvalue weighted by Gasteiger charge is -2.26. The van der Waals surface area contributed by atoms with Crippen LogP contribution in [0.25, 0.3) is 10.9 Å². The van der Waals surface area contributed by atoms with Crippen molar-refractivity contribution in [1.82, 2.24) is 15.1 Å². The summed E-state index contributed by atoms with van der Waals surface area (Å²) >= 11 is 0. The zero-order chi connectivity index (χ0) is 18.2. The zero-order valence-electron chi connectivity index (χ0n) is 14.6. The van der Waals surface area contributed by atoms with Crippen LogP contribution in [0.5, 0.6) is 11.5 Å². The van der Waals surface area contributed by atoms with Gasteiger partial charge in [0.05, 0.1) is 31.3 Å². The van der Waals surface area contributed by atoms with Crippen LogP contribution in [0.1, 0.15) is 10.4 Å². The molecule has 3 aromatic rings. The van der Waals surface area contributed by atoms with Gasteiger partial charge in [0.1, 0.15) is 6.61 Å². The Morgan fingerprint density at radius 2 is 2.00 bits per heavy atom. The number of aromatic nitrogens is 2. The van der Waals surface area contributed by atoms with Crippen molar-refractivity contribution in [1.29, 1.82) is 0 Å².